The van der Waals surface area contributed by atoms with E-state index >= 15 is 0 Å². The molecular weight excluding hydrogens is 278 g/mol. The first-order valence-corrected chi connectivity index (χ1v) is 8.91. The summed E-state index contributed by atoms with van der Waals surface area (Å²) in [5, 5.41) is 10.6. The van der Waals surface area contributed by atoms with Crippen LogP contribution in [0.5, 0.6) is 0 Å². The molecule has 2 rings (SSSR count). The molecule has 2 unspecified atom stereocenters. The van der Waals surface area contributed by atoms with Gasteiger partial charge in [0.2, 0.25) is 0 Å². The van der Waals surface area contributed by atoms with Crippen LogP contribution in [-0.2, 0) is 12.8 Å². The van der Waals surface area contributed by atoms with E-state index in [-0.39, 0.29) is 0 Å². The van der Waals surface area contributed by atoms with E-state index in [9.17, 15) is 0 Å². The van der Waals surface area contributed by atoms with Crippen molar-refractivity contribution in [2.24, 2.45) is 0 Å². The van der Waals surface area contributed by atoms with Crippen LogP contribution in [0.15, 0.2) is 23.7 Å². The highest BCUT2D eigenvalue weighted by atomic mass is 32.1. The lowest BCUT2D eigenvalue weighted by atomic mass is 10.0. The maximum atomic E-state index is 4.75. The highest BCUT2D eigenvalue weighted by molar-refractivity contribution is 7.10. The van der Waals surface area contributed by atoms with Crippen molar-refractivity contribution >= 4 is 11.3 Å². The van der Waals surface area contributed by atoms with Crippen LogP contribution < -0.4 is 5.32 Å². The molecule has 0 fully saturated rings. The predicted molar refractivity (Wildman–Crippen MR) is 91.0 cm³/mol. The van der Waals surface area contributed by atoms with Gasteiger partial charge >= 0.3 is 0 Å². The number of aryl methyl sites for hydroxylation is 1. The number of likely N-dealkylation sites (N-methyl/N-ethyl adjacent to an activating group) is 1. The zero-order chi connectivity index (χ0) is 15.2. The van der Waals surface area contributed by atoms with Crippen LogP contribution >= 0.6 is 11.3 Å². The normalized spacial score (nSPS) is 14.3. The standard InChI is InChI=1S/C17H27N3S/c1-5-13(4)20-10-8-15(19-20)12-16(18-7-3)17-14(6-2)9-11-21-17/h8-11,13,16,18H,5-7,12H2,1-4H3. The van der Waals surface area contributed by atoms with E-state index in [0.29, 0.717) is 12.1 Å². The minimum Gasteiger partial charge on any atom is -0.309 e. The molecule has 0 aliphatic heterocycles. The topological polar surface area (TPSA) is 29.9 Å². The summed E-state index contributed by atoms with van der Waals surface area (Å²) in [6.45, 7) is 9.80. The quantitative estimate of drug-likeness (QED) is 0.785. The van der Waals surface area contributed by atoms with Crippen LogP contribution in [0.3, 0.4) is 0 Å². The van der Waals surface area contributed by atoms with Gasteiger partial charge in [0.25, 0.3) is 0 Å². The fraction of sp³-hybridized carbons (Fsp3) is 0.588. The van der Waals surface area contributed by atoms with Crippen molar-refractivity contribution < 1.29 is 0 Å². The van der Waals surface area contributed by atoms with Crippen LogP contribution in [0, 0.1) is 0 Å². The van der Waals surface area contributed by atoms with Gasteiger partial charge in [0.15, 0.2) is 0 Å². The van der Waals surface area contributed by atoms with E-state index in [1.165, 1.54) is 16.1 Å². The highest BCUT2D eigenvalue weighted by Crippen LogP contribution is 2.27. The van der Waals surface area contributed by atoms with Crippen molar-refractivity contribution in [1.29, 1.82) is 0 Å². The summed E-state index contributed by atoms with van der Waals surface area (Å²) in [5.41, 5.74) is 2.64. The summed E-state index contributed by atoms with van der Waals surface area (Å²) in [6.07, 6.45) is 5.29. The Morgan fingerprint density at radius 1 is 1.29 bits per heavy atom. The molecule has 21 heavy (non-hydrogen) atoms. The second-order valence-electron chi connectivity index (χ2n) is 5.52. The highest BCUT2D eigenvalue weighted by Gasteiger charge is 2.17. The Bertz CT molecular complexity index is 544. The van der Waals surface area contributed by atoms with Gasteiger partial charge in [-0.25, -0.2) is 0 Å². The number of hydrogen-bond donors (Lipinski definition) is 1. The molecule has 0 saturated heterocycles. The number of rotatable bonds is 8. The van der Waals surface area contributed by atoms with E-state index < -0.39 is 0 Å². The lowest BCUT2D eigenvalue weighted by Crippen LogP contribution is -2.23. The molecule has 0 radical (unpaired) electrons. The first-order valence-electron chi connectivity index (χ1n) is 8.03. The summed E-state index contributed by atoms with van der Waals surface area (Å²) >= 11 is 1.86. The second-order valence-corrected chi connectivity index (χ2v) is 6.47. The maximum Gasteiger partial charge on any atom is 0.0644 e. The van der Waals surface area contributed by atoms with E-state index in [0.717, 1.165) is 25.8 Å². The maximum absolute atomic E-state index is 4.75. The molecule has 0 bridgehead atoms. The summed E-state index contributed by atoms with van der Waals surface area (Å²) in [4.78, 5) is 1.47. The van der Waals surface area contributed by atoms with Crippen molar-refractivity contribution in [3.05, 3.63) is 39.8 Å². The van der Waals surface area contributed by atoms with Crippen molar-refractivity contribution in [2.45, 2.75) is 59.0 Å². The summed E-state index contributed by atoms with van der Waals surface area (Å²) < 4.78 is 2.09. The molecule has 0 aliphatic rings. The molecule has 0 aliphatic carbocycles. The first-order chi connectivity index (χ1) is 10.2. The molecule has 4 heteroatoms. The van der Waals surface area contributed by atoms with E-state index in [2.05, 4.69) is 61.4 Å². The van der Waals surface area contributed by atoms with Crippen LogP contribution in [0.25, 0.3) is 0 Å². The lowest BCUT2D eigenvalue weighted by Gasteiger charge is -2.17. The van der Waals surface area contributed by atoms with Crippen molar-refractivity contribution in [2.75, 3.05) is 6.54 Å². The average molecular weight is 305 g/mol. The summed E-state index contributed by atoms with van der Waals surface area (Å²) in [6, 6.07) is 5.27. The Hall–Kier alpha value is -1.13. The molecular formula is C17H27N3S. The SMILES string of the molecule is CCNC(Cc1ccn(C(C)CC)n1)c1sccc1CC. The monoisotopic (exact) mass is 305 g/mol. The van der Waals surface area contributed by atoms with Gasteiger partial charge in [-0.3, -0.25) is 4.68 Å². The Labute approximate surface area is 132 Å². The predicted octanol–water partition coefficient (Wildman–Crippen LogP) is 4.37. The van der Waals surface area contributed by atoms with E-state index in [1.807, 2.05) is 11.3 Å². The molecule has 0 amide bonds. The van der Waals surface area contributed by atoms with E-state index in [4.69, 9.17) is 5.10 Å². The van der Waals surface area contributed by atoms with E-state index in [1.54, 1.807) is 0 Å². The van der Waals surface area contributed by atoms with Crippen LogP contribution in [0.1, 0.15) is 62.3 Å². The largest absolute Gasteiger partial charge is 0.309 e. The number of nitrogens with zero attached hydrogens (tertiary/aromatic N) is 2. The van der Waals surface area contributed by atoms with Gasteiger partial charge in [-0.05, 0) is 49.4 Å². The smallest absolute Gasteiger partial charge is 0.0644 e. The molecule has 2 aromatic rings. The third kappa shape index (κ3) is 3.95. The third-order valence-electron chi connectivity index (χ3n) is 4.05. The molecule has 0 saturated carbocycles. The second kappa shape index (κ2) is 7.76. The van der Waals surface area contributed by atoms with Crippen molar-refractivity contribution in [1.82, 2.24) is 15.1 Å². The Morgan fingerprint density at radius 3 is 2.76 bits per heavy atom. The van der Waals surface area contributed by atoms with Gasteiger partial charge in [-0.1, -0.05) is 20.8 Å². The number of aromatic nitrogens is 2. The molecule has 2 aromatic heterocycles. The molecule has 3 nitrogen and oxygen atoms in total. The van der Waals surface area contributed by atoms with Crippen LogP contribution in [-0.4, -0.2) is 16.3 Å². The fourth-order valence-corrected chi connectivity index (χ4v) is 3.65. The van der Waals surface area contributed by atoms with Gasteiger partial charge in [-0.2, -0.15) is 5.10 Å². The van der Waals surface area contributed by atoms with Crippen molar-refractivity contribution in [3.8, 4) is 0 Å². The van der Waals surface area contributed by atoms with Gasteiger partial charge in [0.05, 0.1) is 5.69 Å². The molecule has 1 N–H and O–H groups in total. The summed E-state index contributed by atoms with van der Waals surface area (Å²) in [7, 11) is 0. The summed E-state index contributed by atoms with van der Waals surface area (Å²) in [5.74, 6) is 0. The van der Waals surface area contributed by atoms with Crippen molar-refractivity contribution in [3.63, 3.8) is 0 Å². The van der Waals surface area contributed by atoms with Gasteiger partial charge in [0, 0.05) is 29.6 Å². The molecule has 2 heterocycles. The minimum atomic E-state index is 0.380. The van der Waals surface area contributed by atoms with Crippen LogP contribution in [0.2, 0.25) is 0 Å². The molecule has 0 spiro atoms. The minimum absolute atomic E-state index is 0.380. The van der Waals surface area contributed by atoms with Gasteiger partial charge in [0.1, 0.15) is 0 Å². The number of thiophene rings is 1. The Kier molecular flexibility index (Phi) is 6.00. The number of nitrogens with one attached hydrogen (secondary N) is 1. The molecule has 2 atom stereocenters. The third-order valence-corrected chi connectivity index (χ3v) is 5.12. The lowest BCUT2D eigenvalue weighted by molar-refractivity contribution is 0.467. The van der Waals surface area contributed by atoms with Crippen LogP contribution in [0.4, 0.5) is 0 Å². The van der Waals surface area contributed by atoms with Gasteiger partial charge in [-0.15, -0.1) is 11.3 Å². The average Bonchev–Trinajstić information content (AvgIpc) is 3.14. The molecule has 116 valence electrons. The zero-order valence-electron chi connectivity index (χ0n) is 13.6. The first kappa shape index (κ1) is 16.2. The zero-order valence-corrected chi connectivity index (χ0v) is 14.4. The Balaban J connectivity index is 2.14. The molecule has 0 aromatic carbocycles. The Morgan fingerprint density at radius 2 is 2.10 bits per heavy atom. The number of hydrogen-bond acceptors (Lipinski definition) is 3. The fourth-order valence-electron chi connectivity index (χ4n) is 2.58. The van der Waals surface area contributed by atoms with Gasteiger partial charge < -0.3 is 5.32 Å².